The molecule has 0 atom stereocenters. The summed E-state index contributed by atoms with van der Waals surface area (Å²) in [7, 11) is 0.745. The molecule has 4 aromatic carbocycles. The fourth-order valence-corrected chi connectivity index (χ4v) is 7.44. The van der Waals surface area contributed by atoms with Crippen LogP contribution in [0.1, 0.15) is 37.5 Å². The van der Waals surface area contributed by atoms with Crippen LogP contribution in [0.15, 0.2) is 95.5 Å². The monoisotopic (exact) mass is 593 g/mol. The van der Waals surface area contributed by atoms with Gasteiger partial charge in [0.1, 0.15) is 18.2 Å². The Labute approximate surface area is 262 Å². The highest BCUT2D eigenvalue weighted by molar-refractivity contribution is 6.88. The number of nitrogens with zero attached hydrogens (tertiary/aromatic N) is 2. The van der Waals surface area contributed by atoms with Crippen LogP contribution in [-0.2, 0) is 13.5 Å². The van der Waals surface area contributed by atoms with E-state index in [1.54, 1.807) is 0 Å². The summed E-state index contributed by atoms with van der Waals surface area (Å²) < 4.78 is 9.02. The first-order chi connectivity index (χ1) is 20.8. The Balaban J connectivity index is 1.50. The summed E-state index contributed by atoms with van der Waals surface area (Å²) in [6.45, 7) is 16.1. The average Bonchev–Trinajstić information content (AvgIpc) is 3.35. The Morgan fingerprint density at radius 2 is 1.32 bits per heavy atom. The van der Waals surface area contributed by atoms with Crippen molar-refractivity contribution in [3.8, 4) is 39.6 Å². The number of nitriles is 1. The molecule has 3 nitrogen and oxygen atoms in total. The molecule has 0 aliphatic heterocycles. The lowest BCUT2D eigenvalue weighted by Gasteiger charge is -2.18. The molecule has 0 bridgehead atoms. The first kappa shape index (κ1) is 29.6. The zero-order valence-electron chi connectivity index (χ0n) is 27.2. The average molecular weight is 594 g/mol. The van der Waals surface area contributed by atoms with Gasteiger partial charge in [0.05, 0.1) is 25.3 Å². The molecule has 0 fully saturated rings. The van der Waals surface area contributed by atoms with Crippen LogP contribution < -0.4 is 9.75 Å². The van der Waals surface area contributed by atoms with E-state index in [0.29, 0.717) is 5.56 Å². The maximum absolute atomic E-state index is 10.2. The maximum Gasteiger partial charge on any atom is 0.216 e. The highest BCUT2D eigenvalue weighted by Crippen LogP contribution is 2.42. The van der Waals surface area contributed by atoms with Gasteiger partial charge in [-0.05, 0) is 58.7 Å². The highest BCUT2D eigenvalue weighted by Gasteiger charge is 2.24. The predicted molar refractivity (Wildman–Crippen MR) is 187 cm³/mol. The van der Waals surface area contributed by atoms with E-state index >= 15 is 0 Å². The molecule has 0 spiro atoms. The van der Waals surface area contributed by atoms with E-state index in [1.165, 1.54) is 16.3 Å². The van der Waals surface area contributed by atoms with E-state index in [-0.39, 0.29) is 5.41 Å². The highest BCUT2D eigenvalue weighted by atomic mass is 28.3. The summed E-state index contributed by atoms with van der Waals surface area (Å²) in [6, 6.07) is 32.8. The lowest BCUT2D eigenvalue weighted by molar-refractivity contribution is -0.660. The van der Waals surface area contributed by atoms with Gasteiger partial charge in [-0.2, -0.15) is 5.26 Å². The third-order valence-corrected chi connectivity index (χ3v) is 10.7. The second-order valence-electron chi connectivity index (χ2n) is 14.4. The van der Waals surface area contributed by atoms with Crippen molar-refractivity contribution in [3.05, 3.63) is 108 Å². The molecule has 2 heterocycles. The number of furan rings is 1. The van der Waals surface area contributed by atoms with Crippen molar-refractivity contribution in [2.45, 2.75) is 53.8 Å². The van der Waals surface area contributed by atoms with Gasteiger partial charge in [0.25, 0.3) is 0 Å². The van der Waals surface area contributed by atoms with Crippen LogP contribution in [0.5, 0.6) is 0 Å². The lowest BCUT2D eigenvalue weighted by atomic mass is 9.87. The summed E-state index contributed by atoms with van der Waals surface area (Å²) in [5.74, 6) is 0. The zero-order valence-corrected chi connectivity index (χ0v) is 28.2. The number of aromatic nitrogens is 1. The minimum absolute atomic E-state index is 0.188. The smallest absolute Gasteiger partial charge is 0.216 e. The standard InChI is InChI=1S/C40H41N2OSi/c1-26-9-19-33-34-20-16-31(25-41)37(30-12-10-28(11-13-30)29-14-17-32(18-15-29)44(6,7)8)39(34)43-38(33)36(26)35-23-27(21-22-42(35)5)24-40(2,3)4/h9-23H,24H2,1-8H3/q+1. The van der Waals surface area contributed by atoms with Gasteiger partial charge in [-0.1, -0.05) is 106 Å². The molecule has 2 aromatic heterocycles. The lowest BCUT2D eigenvalue weighted by Crippen LogP contribution is -2.37. The number of pyridine rings is 1. The Kier molecular flexibility index (Phi) is 7.34. The number of hydrogen-bond acceptors (Lipinski definition) is 2. The van der Waals surface area contributed by atoms with Crippen molar-refractivity contribution in [3.63, 3.8) is 0 Å². The van der Waals surface area contributed by atoms with E-state index in [4.69, 9.17) is 4.42 Å². The predicted octanol–water partition coefficient (Wildman–Crippen LogP) is 9.73. The van der Waals surface area contributed by atoms with Gasteiger partial charge in [-0.15, -0.1) is 0 Å². The van der Waals surface area contributed by atoms with Crippen LogP contribution in [0.4, 0.5) is 0 Å². The third kappa shape index (κ3) is 5.49. The first-order valence-corrected chi connectivity index (χ1v) is 18.9. The molecule has 0 aliphatic carbocycles. The minimum Gasteiger partial charge on any atom is -0.454 e. The number of hydrogen-bond donors (Lipinski definition) is 0. The summed E-state index contributed by atoms with van der Waals surface area (Å²) >= 11 is 0. The molecule has 0 saturated heterocycles. The topological polar surface area (TPSA) is 40.8 Å². The van der Waals surface area contributed by atoms with E-state index in [0.717, 1.165) is 61.9 Å². The number of fused-ring (bicyclic) bond motifs is 3. The van der Waals surface area contributed by atoms with Crippen LogP contribution in [0.25, 0.3) is 55.4 Å². The van der Waals surface area contributed by atoms with E-state index in [1.807, 2.05) is 12.1 Å². The molecule has 6 aromatic rings. The van der Waals surface area contributed by atoms with Crippen molar-refractivity contribution >= 4 is 35.2 Å². The van der Waals surface area contributed by atoms with Crippen LogP contribution in [-0.4, -0.2) is 8.07 Å². The quantitative estimate of drug-likeness (QED) is 0.147. The molecular formula is C40H41N2OSi+. The molecule has 0 radical (unpaired) electrons. The molecule has 0 N–H and O–H groups in total. The summed E-state index contributed by atoms with van der Waals surface area (Å²) in [6.07, 6.45) is 3.14. The Morgan fingerprint density at radius 3 is 1.91 bits per heavy atom. The van der Waals surface area contributed by atoms with Crippen molar-refractivity contribution in [1.29, 1.82) is 5.26 Å². The first-order valence-electron chi connectivity index (χ1n) is 15.4. The van der Waals surface area contributed by atoms with Crippen molar-refractivity contribution in [1.82, 2.24) is 0 Å². The van der Waals surface area contributed by atoms with Crippen LogP contribution in [0.2, 0.25) is 19.6 Å². The van der Waals surface area contributed by atoms with E-state index in [9.17, 15) is 5.26 Å². The van der Waals surface area contributed by atoms with E-state index < -0.39 is 8.07 Å². The molecule has 0 aliphatic rings. The molecule has 6 rings (SSSR count). The molecular weight excluding hydrogens is 553 g/mol. The summed E-state index contributed by atoms with van der Waals surface area (Å²) in [5.41, 5.74) is 11.3. The van der Waals surface area contributed by atoms with Gasteiger partial charge >= 0.3 is 0 Å². The van der Waals surface area contributed by atoms with Gasteiger partial charge < -0.3 is 4.42 Å². The maximum atomic E-state index is 10.2. The van der Waals surface area contributed by atoms with Gasteiger partial charge in [0.2, 0.25) is 5.69 Å². The second-order valence-corrected chi connectivity index (χ2v) is 19.5. The Bertz CT molecular complexity index is 2060. The van der Waals surface area contributed by atoms with Crippen LogP contribution >= 0.6 is 0 Å². The van der Waals surface area contributed by atoms with Crippen LogP contribution in [0.3, 0.4) is 0 Å². The third-order valence-electron chi connectivity index (χ3n) is 8.60. The van der Waals surface area contributed by atoms with Gasteiger partial charge in [0.15, 0.2) is 6.20 Å². The SMILES string of the molecule is Cc1ccc2c(oc3c(-c4ccc(-c5ccc([Si](C)(C)C)cc5)cc4)c(C#N)ccc32)c1-c1cc(CC(C)(C)C)cc[n+]1C. The summed E-state index contributed by atoms with van der Waals surface area (Å²) in [5, 5.41) is 13.7. The molecule has 0 saturated carbocycles. The van der Waals surface area contributed by atoms with Gasteiger partial charge in [0, 0.05) is 28.5 Å². The van der Waals surface area contributed by atoms with Crippen molar-refractivity contribution in [2.75, 3.05) is 0 Å². The number of benzene rings is 4. The Morgan fingerprint density at radius 1 is 0.750 bits per heavy atom. The van der Waals surface area contributed by atoms with Crippen molar-refractivity contribution < 1.29 is 8.98 Å². The van der Waals surface area contributed by atoms with Gasteiger partial charge in [-0.3, -0.25) is 0 Å². The molecule has 4 heteroatoms. The van der Waals surface area contributed by atoms with Crippen LogP contribution in [0, 0.1) is 23.7 Å². The van der Waals surface area contributed by atoms with E-state index in [2.05, 4.69) is 144 Å². The normalized spacial score (nSPS) is 12.2. The second kappa shape index (κ2) is 10.9. The van der Waals surface area contributed by atoms with Crippen molar-refractivity contribution in [2.24, 2.45) is 12.5 Å². The molecule has 0 amide bonds. The van der Waals surface area contributed by atoms with Gasteiger partial charge in [-0.25, -0.2) is 4.57 Å². The fraction of sp³-hybridized carbons (Fsp3) is 0.250. The molecule has 220 valence electrons. The zero-order chi connectivity index (χ0) is 31.4. The largest absolute Gasteiger partial charge is 0.454 e. The molecule has 0 unspecified atom stereocenters. The minimum atomic E-state index is -1.35. The summed E-state index contributed by atoms with van der Waals surface area (Å²) in [4.78, 5) is 0. The fourth-order valence-electron chi connectivity index (χ4n) is 6.28. The number of rotatable bonds is 5. The number of aryl methyl sites for hydroxylation is 2. The molecule has 44 heavy (non-hydrogen) atoms. The Hall–Kier alpha value is -4.46.